The van der Waals surface area contributed by atoms with Gasteiger partial charge in [0.1, 0.15) is 16.1 Å². The Labute approximate surface area is 315 Å². The molecule has 2 bridgehead atoms. The number of alkyl halides is 1. The van der Waals surface area contributed by atoms with E-state index in [0.29, 0.717) is 41.0 Å². The summed E-state index contributed by atoms with van der Waals surface area (Å²) in [6.45, 7) is 6.48. The molecule has 0 radical (unpaired) electrons. The van der Waals surface area contributed by atoms with E-state index in [2.05, 4.69) is 10.6 Å². The van der Waals surface area contributed by atoms with Crippen molar-refractivity contribution in [1.29, 1.82) is 5.26 Å². The molecule has 9 rings (SSSR count). The number of nitriles is 1. The summed E-state index contributed by atoms with van der Waals surface area (Å²) in [5.41, 5.74) is 0.480. The van der Waals surface area contributed by atoms with Crippen molar-refractivity contribution in [3.8, 4) is 17.2 Å². The van der Waals surface area contributed by atoms with Gasteiger partial charge in [-0.3, -0.25) is 4.79 Å². The van der Waals surface area contributed by atoms with E-state index in [1.54, 1.807) is 28.0 Å². The lowest BCUT2D eigenvalue weighted by atomic mass is 9.79. The first-order valence-corrected chi connectivity index (χ1v) is 19.8. The van der Waals surface area contributed by atoms with Crippen LogP contribution in [0.1, 0.15) is 82.6 Å². The van der Waals surface area contributed by atoms with Crippen molar-refractivity contribution in [2.75, 3.05) is 19.3 Å². The number of hydrogen-bond donors (Lipinski definition) is 0. The Morgan fingerprint density at radius 3 is 2.63 bits per heavy atom. The molecule has 5 fully saturated rings. The maximum absolute atomic E-state index is 17.3. The normalized spacial score (nSPS) is 23.3. The molecule has 2 aromatic carbocycles. The lowest BCUT2D eigenvalue weighted by Gasteiger charge is -2.40. The molecule has 0 unspecified atom stereocenters. The second kappa shape index (κ2) is 12.8. The number of fused-ring (bicyclic) bond motifs is 4. The van der Waals surface area contributed by atoms with Crippen LogP contribution in [0.25, 0.3) is 32.9 Å². The minimum Gasteiger partial charge on any atom is -0.444 e. The molecular weight excluding hydrogens is 727 g/mol. The Bertz CT molecular complexity index is 2210. The summed E-state index contributed by atoms with van der Waals surface area (Å²) in [7, 11) is 0. The van der Waals surface area contributed by atoms with Gasteiger partial charge in [0.25, 0.3) is 5.91 Å². The minimum absolute atomic E-state index is 0.0850. The van der Waals surface area contributed by atoms with Gasteiger partial charge in [-0.05, 0) is 89.3 Å². The molecule has 52 heavy (non-hydrogen) atoms. The molecule has 3 aliphatic heterocycles. The molecule has 272 valence electrons. The van der Waals surface area contributed by atoms with E-state index in [0.717, 1.165) is 29.4 Å². The van der Waals surface area contributed by atoms with Crippen LogP contribution in [0.3, 0.4) is 0 Å². The predicted octanol–water partition coefficient (Wildman–Crippen LogP) is 9.83. The van der Waals surface area contributed by atoms with Crippen molar-refractivity contribution in [2.45, 2.75) is 100 Å². The Morgan fingerprint density at radius 1 is 1.17 bits per heavy atom. The monoisotopic (exact) mass is 765 g/mol. The zero-order chi connectivity index (χ0) is 36.9. The van der Waals surface area contributed by atoms with Gasteiger partial charge in [-0.1, -0.05) is 35.3 Å². The van der Waals surface area contributed by atoms with Gasteiger partial charge in [0.2, 0.25) is 0 Å². The second-order valence-electron chi connectivity index (χ2n) is 15.5. The molecule has 2 saturated carbocycles. The maximum atomic E-state index is 17.3. The smallest absolute Gasteiger partial charge is 0.410 e. The molecule has 2 amide bonds. The molecule has 2 aliphatic carbocycles. The van der Waals surface area contributed by atoms with Crippen molar-refractivity contribution >= 4 is 68.8 Å². The third-order valence-corrected chi connectivity index (χ3v) is 12.6. The zero-order valence-corrected chi connectivity index (χ0v) is 31.8. The molecule has 2 aromatic heterocycles. The van der Waals surface area contributed by atoms with Gasteiger partial charge >= 0.3 is 6.09 Å². The number of carbonyl (C=O) groups is 2. The van der Waals surface area contributed by atoms with Crippen LogP contribution in [0, 0.1) is 23.1 Å². The number of nitrogens with zero attached hydrogens (tertiary/aromatic N) is 5. The SMILES string of the molecule is CSc1nc2c(F)c(-c3cccc(Cl)c3Cl)c(CCC#N)cc2c2c1cc([C@H]1CCCN1C(=O)C1(F)CC1)n2[C@H]1[C@@H]2C[C@H]1N(C(=O)OC(C)(C)C)C2. The average molecular weight is 767 g/mol. The van der Waals surface area contributed by atoms with Crippen LogP contribution in [0.2, 0.25) is 10.0 Å². The first-order valence-electron chi connectivity index (χ1n) is 17.8. The van der Waals surface area contributed by atoms with E-state index in [-0.39, 0.29) is 70.9 Å². The van der Waals surface area contributed by atoms with Crippen LogP contribution in [0.15, 0.2) is 35.4 Å². The fourth-order valence-electron chi connectivity index (χ4n) is 8.64. The number of carbonyl (C=O) groups excluding carboxylic acids is 2. The molecule has 13 heteroatoms. The first kappa shape index (κ1) is 35.4. The molecule has 5 heterocycles. The first-order chi connectivity index (χ1) is 24.8. The lowest BCUT2D eigenvalue weighted by molar-refractivity contribution is -0.139. The van der Waals surface area contributed by atoms with Gasteiger partial charge in [0.15, 0.2) is 11.5 Å². The standard InChI is InChI=1S/C39H39Cl2F2N5O3S/c1-38(2,3)51-37(50)47-19-21-17-28(47)33(21)48-27(26-11-7-15-46(26)36(49)39(43)12-13-39)18-24-34(48)23-16-20(8-6-14-44)29(22-9-5-10-25(40)30(22)41)31(42)32(23)45-35(24)52-4/h5,9-10,16,18,21,26,28,33H,6-8,11-13,15,17,19H2,1-4H3/t21-,26-,28-,33+/m1/s1. The van der Waals surface area contributed by atoms with Crippen molar-refractivity contribution in [2.24, 2.45) is 5.92 Å². The van der Waals surface area contributed by atoms with E-state index in [1.807, 2.05) is 39.2 Å². The summed E-state index contributed by atoms with van der Waals surface area (Å²) in [6.07, 6.45) is 4.51. The molecule has 0 spiro atoms. The minimum atomic E-state index is -1.82. The summed E-state index contributed by atoms with van der Waals surface area (Å²) in [6, 6.07) is 10.4. The molecule has 5 aliphatic rings. The predicted molar refractivity (Wildman–Crippen MR) is 199 cm³/mol. The van der Waals surface area contributed by atoms with Gasteiger partial charge in [-0.15, -0.1) is 11.8 Å². The quantitative estimate of drug-likeness (QED) is 0.174. The molecule has 4 atom stereocenters. The van der Waals surface area contributed by atoms with Crippen LogP contribution in [0.4, 0.5) is 13.6 Å². The maximum Gasteiger partial charge on any atom is 0.410 e. The van der Waals surface area contributed by atoms with Crippen molar-refractivity contribution in [3.63, 3.8) is 0 Å². The number of amides is 2. The summed E-state index contributed by atoms with van der Waals surface area (Å²) in [5, 5.41) is 12.1. The Balaban J connectivity index is 1.39. The summed E-state index contributed by atoms with van der Waals surface area (Å²) >= 11 is 14.5. The number of hydrogen-bond acceptors (Lipinski definition) is 6. The highest BCUT2D eigenvalue weighted by atomic mass is 35.5. The van der Waals surface area contributed by atoms with Crippen LogP contribution < -0.4 is 0 Å². The number of aryl methyl sites for hydroxylation is 1. The van der Waals surface area contributed by atoms with E-state index < -0.39 is 29.0 Å². The summed E-state index contributed by atoms with van der Waals surface area (Å²) < 4.78 is 40.7. The van der Waals surface area contributed by atoms with Crippen LogP contribution in [0.5, 0.6) is 0 Å². The molecule has 3 saturated heterocycles. The highest BCUT2D eigenvalue weighted by Gasteiger charge is 2.58. The van der Waals surface area contributed by atoms with Crippen molar-refractivity contribution < 1.29 is 23.1 Å². The molecule has 4 aromatic rings. The highest BCUT2D eigenvalue weighted by Crippen LogP contribution is 2.55. The summed E-state index contributed by atoms with van der Waals surface area (Å²) in [5.74, 6) is -0.958. The van der Waals surface area contributed by atoms with Gasteiger partial charge in [-0.25, -0.2) is 18.6 Å². The Morgan fingerprint density at radius 2 is 1.94 bits per heavy atom. The van der Waals surface area contributed by atoms with E-state index >= 15 is 8.78 Å². The Hall–Kier alpha value is -3.59. The van der Waals surface area contributed by atoms with E-state index in [1.165, 1.54) is 11.8 Å². The number of benzene rings is 2. The average Bonchev–Trinajstić information content (AvgIpc) is 3.54. The zero-order valence-electron chi connectivity index (χ0n) is 29.4. The number of likely N-dealkylation sites (tertiary alicyclic amines) is 1. The van der Waals surface area contributed by atoms with Gasteiger partial charge in [-0.2, -0.15) is 5.26 Å². The molecule has 0 N–H and O–H groups in total. The number of ether oxygens (including phenoxy) is 1. The number of pyridine rings is 1. The van der Waals surface area contributed by atoms with E-state index in [9.17, 15) is 14.9 Å². The number of rotatable bonds is 7. The van der Waals surface area contributed by atoms with Gasteiger partial charge < -0.3 is 19.1 Å². The summed E-state index contributed by atoms with van der Waals surface area (Å²) in [4.78, 5) is 35.5. The van der Waals surface area contributed by atoms with Crippen molar-refractivity contribution in [1.82, 2.24) is 19.4 Å². The number of halogens is 4. The molecule has 8 nitrogen and oxygen atoms in total. The Kier molecular flexibility index (Phi) is 8.71. The topological polar surface area (TPSA) is 91.5 Å². The third kappa shape index (κ3) is 5.63. The van der Waals surface area contributed by atoms with Gasteiger partial charge in [0, 0.05) is 53.0 Å². The van der Waals surface area contributed by atoms with Crippen LogP contribution >= 0.6 is 35.0 Å². The fourth-order valence-corrected chi connectivity index (χ4v) is 9.59. The highest BCUT2D eigenvalue weighted by molar-refractivity contribution is 7.98. The van der Waals surface area contributed by atoms with Crippen molar-refractivity contribution in [3.05, 3.63) is 57.5 Å². The third-order valence-electron chi connectivity index (χ3n) is 11.1. The van der Waals surface area contributed by atoms with Crippen LogP contribution in [-0.4, -0.2) is 68.0 Å². The number of aromatic nitrogens is 2. The molecular formula is C39H39Cl2F2N5O3S. The van der Waals surface area contributed by atoms with E-state index in [4.69, 9.17) is 32.9 Å². The second-order valence-corrected chi connectivity index (χ2v) is 17.1. The number of thioether (sulfide) groups is 1. The largest absolute Gasteiger partial charge is 0.444 e. The lowest BCUT2D eigenvalue weighted by Crippen LogP contribution is -2.45. The fraction of sp³-hybridized carbons (Fsp3) is 0.487. The van der Waals surface area contributed by atoms with Gasteiger partial charge in [0.05, 0.1) is 39.8 Å². The van der Waals surface area contributed by atoms with Crippen LogP contribution in [-0.2, 0) is 16.0 Å².